The molecule has 120 valence electrons. The Kier molecular flexibility index (Phi) is 4.36. The number of nitrogens with zero attached hydrogens (tertiary/aromatic N) is 1. The summed E-state index contributed by atoms with van der Waals surface area (Å²) in [4.78, 5) is 14.5. The lowest BCUT2D eigenvalue weighted by atomic mass is 9.82. The zero-order valence-corrected chi connectivity index (χ0v) is 13.2. The molecule has 2 N–H and O–H groups in total. The molecule has 0 saturated carbocycles. The first kappa shape index (κ1) is 15.3. The van der Waals surface area contributed by atoms with Gasteiger partial charge in [0.15, 0.2) is 0 Å². The zero-order chi connectivity index (χ0) is 15.7. The third kappa shape index (κ3) is 2.83. The first-order valence-electron chi connectivity index (χ1n) is 7.95. The molecular formula is C17H24N2O3. The van der Waals surface area contributed by atoms with Crippen LogP contribution < -0.4 is 10.1 Å². The summed E-state index contributed by atoms with van der Waals surface area (Å²) in [5.74, 6) is 1.30. The van der Waals surface area contributed by atoms with Crippen LogP contribution in [-0.4, -0.2) is 48.3 Å². The van der Waals surface area contributed by atoms with Crippen LogP contribution in [0.15, 0.2) is 24.3 Å². The Hall–Kier alpha value is -1.59. The number of nitrogens with one attached hydrogen (secondary N) is 1. The average molecular weight is 304 g/mol. The Morgan fingerprint density at radius 1 is 1.36 bits per heavy atom. The molecule has 1 amide bonds. The van der Waals surface area contributed by atoms with Crippen molar-refractivity contribution in [2.45, 2.75) is 38.0 Å². The highest BCUT2D eigenvalue weighted by atomic mass is 16.5. The summed E-state index contributed by atoms with van der Waals surface area (Å²) in [5, 5.41) is 13.0. The van der Waals surface area contributed by atoms with Crippen molar-refractivity contribution < 1.29 is 14.6 Å². The summed E-state index contributed by atoms with van der Waals surface area (Å²) in [7, 11) is 1.66. The standard InChI is InChI=1S/C17H24N2O3/c1-11-6-7-15-17(21)18-9-13(20)10-19(15)16(11)12-4-3-5-14(8-12)22-2/h3-5,8,11,13,15-16,20H,6-7,9-10H2,1-2H3,(H,18,21)/t11-,13-,15+,16-/m0/s1. The Morgan fingerprint density at radius 2 is 2.18 bits per heavy atom. The number of amides is 1. The van der Waals surface area contributed by atoms with E-state index in [1.165, 1.54) is 0 Å². The zero-order valence-electron chi connectivity index (χ0n) is 13.2. The second kappa shape index (κ2) is 6.26. The Balaban J connectivity index is 1.96. The van der Waals surface area contributed by atoms with Crippen molar-refractivity contribution in [3.8, 4) is 5.75 Å². The highest BCUT2D eigenvalue weighted by molar-refractivity contribution is 5.82. The van der Waals surface area contributed by atoms with E-state index in [0.29, 0.717) is 19.0 Å². The molecule has 22 heavy (non-hydrogen) atoms. The lowest BCUT2D eigenvalue weighted by Crippen LogP contribution is -2.51. The van der Waals surface area contributed by atoms with E-state index in [9.17, 15) is 9.90 Å². The molecule has 1 aromatic rings. The number of hydrogen-bond acceptors (Lipinski definition) is 4. The predicted octanol–water partition coefficient (Wildman–Crippen LogP) is 1.33. The molecule has 2 heterocycles. The van der Waals surface area contributed by atoms with E-state index in [4.69, 9.17) is 4.74 Å². The second-order valence-corrected chi connectivity index (χ2v) is 6.39. The maximum Gasteiger partial charge on any atom is 0.237 e. The number of methoxy groups -OCH3 is 1. The molecular weight excluding hydrogens is 280 g/mol. The molecule has 0 aliphatic carbocycles. The van der Waals surface area contributed by atoms with Gasteiger partial charge in [-0.25, -0.2) is 0 Å². The van der Waals surface area contributed by atoms with Crippen LogP contribution in [0.4, 0.5) is 0 Å². The van der Waals surface area contributed by atoms with E-state index in [1.54, 1.807) is 7.11 Å². The van der Waals surface area contributed by atoms with E-state index < -0.39 is 6.10 Å². The van der Waals surface area contributed by atoms with Crippen molar-refractivity contribution >= 4 is 5.91 Å². The number of aliphatic hydroxyl groups is 1. The molecule has 5 heteroatoms. The van der Waals surface area contributed by atoms with Gasteiger partial charge in [-0.15, -0.1) is 0 Å². The molecule has 1 aromatic carbocycles. The van der Waals surface area contributed by atoms with Crippen LogP contribution in [0.1, 0.15) is 31.4 Å². The topological polar surface area (TPSA) is 61.8 Å². The van der Waals surface area contributed by atoms with Gasteiger partial charge in [0.25, 0.3) is 0 Å². The number of β-amino-alcohol motifs (C(OH)–C–C–N with tert-alkyl or cyclic N) is 1. The van der Waals surface area contributed by atoms with Crippen LogP contribution in [0.2, 0.25) is 0 Å². The SMILES string of the molecule is COc1cccc([C@@H]2[C@@H](C)CC[C@@H]3C(=O)NC[C@H](O)CN32)c1. The first-order chi connectivity index (χ1) is 10.6. The summed E-state index contributed by atoms with van der Waals surface area (Å²) in [6.45, 7) is 3.08. The first-order valence-corrected chi connectivity index (χ1v) is 7.95. The molecule has 2 saturated heterocycles. The van der Waals surface area contributed by atoms with Gasteiger partial charge < -0.3 is 15.2 Å². The van der Waals surface area contributed by atoms with Gasteiger partial charge in [-0.1, -0.05) is 19.1 Å². The Morgan fingerprint density at radius 3 is 2.95 bits per heavy atom. The summed E-state index contributed by atoms with van der Waals surface area (Å²) < 4.78 is 5.34. The van der Waals surface area contributed by atoms with Crippen LogP contribution >= 0.6 is 0 Å². The predicted molar refractivity (Wildman–Crippen MR) is 83.6 cm³/mol. The van der Waals surface area contributed by atoms with Crippen LogP contribution in [0.3, 0.4) is 0 Å². The van der Waals surface area contributed by atoms with Gasteiger partial charge in [-0.05, 0) is 36.5 Å². The largest absolute Gasteiger partial charge is 0.497 e. The molecule has 2 aliphatic heterocycles. The minimum atomic E-state index is -0.521. The Labute approximate surface area is 131 Å². The van der Waals surface area contributed by atoms with Gasteiger partial charge in [0.2, 0.25) is 5.91 Å². The van der Waals surface area contributed by atoms with Gasteiger partial charge in [0, 0.05) is 19.1 Å². The van der Waals surface area contributed by atoms with E-state index in [1.807, 2.05) is 18.2 Å². The maximum absolute atomic E-state index is 12.3. The lowest BCUT2D eigenvalue weighted by Gasteiger charge is -2.44. The minimum Gasteiger partial charge on any atom is -0.497 e. The number of hydrogen-bond donors (Lipinski definition) is 2. The molecule has 0 unspecified atom stereocenters. The van der Waals surface area contributed by atoms with Gasteiger partial charge in [0.1, 0.15) is 5.75 Å². The number of benzene rings is 1. The summed E-state index contributed by atoms with van der Waals surface area (Å²) in [6, 6.07) is 8.02. The third-order valence-corrected chi connectivity index (χ3v) is 4.86. The minimum absolute atomic E-state index is 0.0383. The molecule has 0 bridgehead atoms. The van der Waals surface area contributed by atoms with Gasteiger partial charge >= 0.3 is 0 Å². The smallest absolute Gasteiger partial charge is 0.237 e. The second-order valence-electron chi connectivity index (χ2n) is 6.39. The fraction of sp³-hybridized carbons (Fsp3) is 0.588. The van der Waals surface area contributed by atoms with E-state index >= 15 is 0 Å². The molecule has 2 aliphatic rings. The maximum atomic E-state index is 12.3. The van der Waals surface area contributed by atoms with Crippen molar-refractivity contribution in [2.24, 2.45) is 5.92 Å². The molecule has 0 spiro atoms. The summed E-state index contributed by atoms with van der Waals surface area (Å²) in [6.07, 6.45) is 1.33. The molecule has 3 rings (SSSR count). The molecule has 2 fully saturated rings. The monoisotopic (exact) mass is 304 g/mol. The van der Waals surface area contributed by atoms with Crippen LogP contribution in [0.5, 0.6) is 5.75 Å². The number of carbonyl (C=O) groups is 1. The van der Waals surface area contributed by atoms with Crippen LogP contribution in [0.25, 0.3) is 0 Å². The van der Waals surface area contributed by atoms with Gasteiger partial charge in [0.05, 0.1) is 19.3 Å². The van der Waals surface area contributed by atoms with E-state index in [2.05, 4.69) is 23.2 Å². The number of ether oxygens (including phenoxy) is 1. The van der Waals surface area contributed by atoms with Gasteiger partial charge in [-0.2, -0.15) is 0 Å². The molecule has 5 nitrogen and oxygen atoms in total. The number of carbonyl (C=O) groups excluding carboxylic acids is 1. The molecule has 0 radical (unpaired) electrons. The lowest BCUT2D eigenvalue weighted by molar-refractivity contribution is -0.128. The van der Waals surface area contributed by atoms with E-state index in [-0.39, 0.29) is 18.0 Å². The molecule has 0 aromatic heterocycles. The van der Waals surface area contributed by atoms with E-state index in [0.717, 1.165) is 24.2 Å². The third-order valence-electron chi connectivity index (χ3n) is 4.86. The Bertz CT molecular complexity index is 548. The normalized spacial score (nSPS) is 32.8. The summed E-state index contributed by atoms with van der Waals surface area (Å²) in [5.41, 5.74) is 1.15. The number of piperidine rings is 1. The van der Waals surface area contributed by atoms with Crippen LogP contribution in [-0.2, 0) is 4.79 Å². The highest BCUT2D eigenvalue weighted by Crippen LogP contribution is 2.40. The fourth-order valence-corrected chi connectivity index (χ4v) is 3.78. The van der Waals surface area contributed by atoms with Crippen molar-refractivity contribution in [1.82, 2.24) is 10.2 Å². The summed E-state index contributed by atoms with van der Waals surface area (Å²) >= 11 is 0. The number of aliphatic hydroxyl groups excluding tert-OH is 1. The van der Waals surface area contributed by atoms with Gasteiger partial charge in [-0.3, -0.25) is 9.69 Å². The van der Waals surface area contributed by atoms with Crippen molar-refractivity contribution in [1.29, 1.82) is 0 Å². The highest BCUT2D eigenvalue weighted by Gasteiger charge is 2.41. The van der Waals surface area contributed by atoms with Crippen molar-refractivity contribution in [2.75, 3.05) is 20.2 Å². The number of rotatable bonds is 2. The quantitative estimate of drug-likeness (QED) is 0.865. The van der Waals surface area contributed by atoms with Crippen molar-refractivity contribution in [3.05, 3.63) is 29.8 Å². The fourth-order valence-electron chi connectivity index (χ4n) is 3.78. The van der Waals surface area contributed by atoms with Crippen LogP contribution in [0, 0.1) is 5.92 Å². The molecule has 4 atom stereocenters. The van der Waals surface area contributed by atoms with Crippen molar-refractivity contribution in [3.63, 3.8) is 0 Å². The average Bonchev–Trinajstić information content (AvgIpc) is 2.66. The number of fused-ring (bicyclic) bond motifs is 1.